The number of amides is 2. The van der Waals surface area contributed by atoms with Gasteiger partial charge in [-0.05, 0) is 38.5 Å². The summed E-state index contributed by atoms with van der Waals surface area (Å²) in [6.07, 6.45) is -0.452. The highest BCUT2D eigenvalue weighted by atomic mass is 127. The van der Waals surface area contributed by atoms with Crippen molar-refractivity contribution in [2.75, 3.05) is 20.1 Å². The maximum absolute atomic E-state index is 11.5. The summed E-state index contributed by atoms with van der Waals surface area (Å²) in [4.78, 5) is 26.7. The van der Waals surface area contributed by atoms with Crippen LogP contribution in [0.2, 0.25) is 0 Å². The molecule has 146 valence electrons. The van der Waals surface area contributed by atoms with Gasteiger partial charge in [0.2, 0.25) is 5.91 Å². The number of carbonyl (C=O) groups is 2. The number of halogens is 1. The van der Waals surface area contributed by atoms with Gasteiger partial charge in [-0.2, -0.15) is 0 Å². The van der Waals surface area contributed by atoms with E-state index in [-0.39, 0.29) is 24.0 Å². The van der Waals surface area contributed by atoms with Crippen LogP contribution in [0.1, 0.15) is 36.7 Å². The standard InChI is InChI=1S/C17H27N5O3.HI/c1-17(2,3)25-16(24)21-10-9-20-15(19-4)22-11-12-5-7-13(8-6-12)14(18)23;/h5-8H,9-11H2,1-4H3,(H2,18,23)(H,21,24)(H2,19,20,22);1H. The maximum Gasteiger partial charge on any atom is 0.407 e. The monoisotopic (exact) mass is 477 g/mol. The van der Waals surface area contributed by atoms with Gasteiger partial charge < -0.3 is 26.4 Å². The molecule has 0 saturated carbocycles. The van der Waals surface area contributed by atoms with Gasteiger partial charge in [0.25, 0.3) is 0 Å². The number of benzene rings is 1. The average molecular weight is 477 g/mol. The van der Waals surface area contributed by atoms with E-state index in [1.165, 1.54) is 0 Å². The van der Waals surface area contributed by atoms with Crippen molar-refractivity contribution in [3.8, 4) is 0 Å². The SMILES string of the molecule is CN=C(NCCNC(=O)OC(C)(C)C)NCc1ccc(C(N)=O)cc1.I. The molecule has 5 N–H and O–H groups in total. The molecular weight excluding hydrogens is 449 g/mol. The Kier molecular flexibility index (Phi) is 10.6. The molecule has 2 amide bonds. The van der Waals surface area contributed by atoms with E-state index in [1.54, 1.807) is 19.2 Å². The van der Waals surface area contributed by atoms with Crippen LogP contribution in [0.4, 0.5) is 4.79 Å². The number of aliphatic imine (C=N–C) groups is 1. The number of nitrogens with one attached hydrogen (secondary N) is 3. The summed E-state index contributed by atoms with van der Waals surface area (Å²) in [5.74, 6) is 0.152. The lowest BCUT2D eigenvalue weighted by atomic mass is 10.1. The van der Waals surface area contributed by atoms with Gasteiger partial charge in [0, 0.05) is 32.2 Å². The quantitative estimate of drug-likeness (QED) is 0.215. The number of primary amides is 1. The number of hydrogen-bond acceptors (Lipinski definition) is 4. The number of hydrogen-bond donors (Lipinski definition) is 4. The second kappa shape index (κ2) is 11.6. The number of rotatable bonds is 6. The van der Waals surface area contributed by atoms with Crippen molar-refractivity contribution in [3.63, 3.8) is 0 Å². The first-order valence-electron chi connectivity index (χ1n) is 8.01. The van der Waals surface area contributed by atoms with Crippen LogP contribution in [0.5, 0.6) is 0 Å². The van der Waals surface area contributed by atoms with E-state index >= 15 is 0 Å². The third kappa shape index (κ3) is 10.1. The van der Waals surface area contributed by atoms with Gasteiger partial charge in [-0.3, -0.25) is 9.79 Å². The van der Waals surface area contributed by atoms with Gasteiger partial charge in [-0.15, -0.1) is 24.0 Å². The van der Waals surface area contributed by atoms with Crippen molar-refractivity contribution in [2.45, 2.75) is 32.9 Å². The summed E-state index contributed by atoms with van der Waals surface area (Å²) in [6, 6.07) is 7.01. The van der Waals surface area contributed by atoms with Crippen LogP contribution in [0.25, 0.3) is 0 Å². The summed E-state index contributed by atoms with van der Waals surface area (Å²) in [5.41, 5.74) is 6.15. The van der Waals surface area contributed by atoms with E-state index in [4.69, 9.17) is 10.5 Å². The molecule has 0 unspecified atom stereocenters. The lowest BCUT2D eigenvalue weighted by Gasteiger charge is -2.20. The Bertz CT molecular complexity index is 612. The number of guanidine groups is 1. The fraction of sp³-hybridized carbons (Fsp3) is 0.471. The van der Waals surface area contributed by atoms with Gasteiger partial charge in [0.05, 0.1) is 0 Å². The number of nitrogens with two attached hydrogens (primary N) is 1. The normalized spacial score (nSPS) is 11.2. The van der Waals surface area contributed by atoms with E-state index in [0.29, 0.717) is 31.2 Å². The highest BCUT2D eigenvalue weighted by Gasteiger charge is 2.15. The molecule has 0 aromatic heterocycles. The van der Waals surface area contributed by atoms with Crippen molar-refractivity contribution >= 4 is 41.9 Å². The van der Waals surface area contributed by atoms with Gasteiger partial charge in [-0.1, -0.05) is 12.1 Å². The molecule has 0 saturated heterocycles. The largest absolute Gasteiger partial charge is 0.444 e. The van der Waals surface area contributed by atoms with Gasteiger partial charge >= 0.3 is 6.09 Å². The first-order chi connectivity index (χ1) is 11.7. The molecule has 0 atom stereocenters. The van der Waals surface area contributed by atoms with E-state index in [9.17, 15) is 9.59 Å². The molecule has 0 aliphatic heterocycles. The lowest BCUT2D eigenvalue weighted by molar-refractivity contribution is 0.0528. The van der Waals surface area contributed by atoms with Crippen molar-refractivity contribution in [1.29, 1.82) is 0 Å². The average Bonchev–Trinajstić information content (AvgIpc) is 2.53. The summed E-state index contributed by atoms with van der Waals surface area (Å²) in [6.45, 7) is 6.88. The minimum atomic E-state index is -0.515. The number of carbonyl (C=O) groups excluding carboxylic acids is 2. The zero-order valence-electron chi connectivity index (χ0n) is 15.6. The molecule has 26 heavy (non-hydrogen) atoms. The van der Waals surface area contributed by atoms with E-state index in [2.05, 4.69) is 20.9 Å². The predicted molar refractivity (Wildman–Crippen MR) is 113 cm³/mol. The molecule has 0 heterocycles. The Labute approximate surface area is 171 Å². The summed E-state index contributed by atoms with van der Waals surface area (Å²) in [7, 11) is 1.66. The second-order valence-corrected chi connectivity index (χ2v) is 6.34. The Morgan fingerprint density at radius 2 is 1.65 bits per heavy atom. The Balaban J connectivity index is 0.00000625. The third-order valence-corrected chi connectivity index (χ3v) is 3.01. The fourth-order valence-electron chi connectivity index (χ4n) is 1.85. The second-order valence-electron chi connectivity index (χ2n) is 6.34. The van der Waals surface area contributed by atoms with Crippen LogP contribution >= 0.6 is 24.0 Å². The summed E-state index contributed by atoms with van der Waals surface area (Å²) in [5, 5.41) is 8.88. The van der Waals surface area contributed by atoms with Gasteiger partial charge in [0.1, 0.15) is 5.60 Å². The van der Waals surface area contributed by atoms with Crippen LogP contribution in [-0.2, 0) is 11.3 Å². The van der Waals surface area contributed by atoms with Crippen LogP contribution in [0, 0.1) is 0 Å². The molecular formula is C17H28IN5O3. The maximum atomic E-state index is 11.5. The topological polar surface area (TPSA) is 118 Å². The molecule has 0 fully saturated rings. The molecule has 8 nitrogen and oxygen atoms in total. The van der Waals surface area contributed by atoms with Crippen molar-refractivity contribution in [2.24, 2.45) is 10.7 Å². The van der Waals surface area contributed by atoms with Crippen molar-refractivity contribution < 1.29 is 14.3 Å². The zero-order chi connectivity index (χ0) is 18.9. The molecule has 0 spiro atoms. The molecule has 0 aliphatic carbocycles. The lowest BCUT2D eigenvalue weighted by Crippen LogP contribution is -2.42. The smallest absolute Gasteiger partial charge is 0.407 e. The first-order valence-corrected chi connectivity index (χ1v) is 8.01. The molecule has 1 aromatic carbocycles. The number of alkyl carbamates (subject to hydrolysis) is 1. The first kappa shape index (κ1) is 24.0. The van der Waals surface area contributed by atoms with E-state index < -0.39 is 17.6 Å². The molecule has 0 radical (unpaired) electrons. The minimum Gasteiger partial charge on any atom is -0.444 e. The Morgan fingerprint density at radius 1 is 1.08 bits per heavy atom. The van der Waals surface area contributed by atoms with Crippen molar-refractivity contribution in [3.05, 3.63) is 35.4 Å². The fourth-order valence-corrected chi connectivity index (χ4v) is 1.85. The summed E-state index contributed by atoms with van der Waals surface area (Å²) >= 11 is 0. The zero-order valence-corrected chi connectivity index (χ0v) is 17.9. The highest BCUT2D eigenvalue weighted by molar-refractivity contribution is 14.0. The van der Waals surface area contributed by atoms with E-state index in [1.807, 2.05) is 32.9 Å². The molecule has 1 rings (SSSR count). The van der Waals surface area contributed by atoms with Crippen molar-refractivity contribution in [1.82, 2.24) is 16.0 Å². The van der Waals surface area contributed by atoms with Crippen LogP contribution < -0.4 is 21.7 Å². The van der Waals surface area contributed by atoms with Crippen LogP contribution in [-0.4, -0.2) is 43.7 Å². The van der Waals surface area contributed by atoms with Gasteiger partial charge in [-0.25, -0.2) is 4.79 Å². The minimum absolute atomic E-state index is 0. The highest BCUT2D eigenvalue weighted by Crippen LogP contribution is 2.06. The number of nitrogens with zero attached hydrogens (tertiary/aromatic N) is 1. The van der Waals surface area contributed by atoms with Crippen LogP contribution in [0.15, 0.2) is 29.3 Å². The summed E-state index contributed by atoms with van der Waals surface area (Å²) < 4.78 is 5.15. The Hall–Kier alpha value is -2.04. The Morgan fingerprint density at radius 3 is 2.15 bits per heavy atom. The number of ether oxygens (including phenoxy) is 1. The molecule has 1 aromatic rings. The predicted octanol–water partition coefficient (Wildman–Crippen LogP) is 1.59. The van der Waals surface area contributed by atoms with E-state index in [0.717, 1.165) is 5.56 Å². The van der Waals surface area contributed by atoms with Crippen LogP contribution in [0.3, 0.4) is 0 Å². The van der Waals surface area contributed by atoms with Gasteiger partial charge in [0.15, 0.2) is 5.96 Å². The third-order valence-electron chi connectivity index (χ3n) is 3.01. The molecule has 9 heteroatoms. The molecule has 0 bridgehead atoms. The molecule has 0 aliphatic rings.